The van der Waals surface area contributed by atoms with E-state index in [1.807, 2.05) is 25.9 Å². The van der Waals surface area contributed by atoms with E-state index in [0.29, 0.717) is 16.6 Å². The molecule has 0 aromatic carbocycles. The number of nitrogens with two attached hydrogens (primary N) is 1. The number of anilines is 2. The van der Waals surface area contributed by atoms with Crippen LogP contribution in [0.25, 0.3) is 0 Å². The van der Waals surface area contributed by atoms with Crippen molar-refractivity contribution in [3.8, 4) is 0 Å². The van der Waals surface area contributed by atoms with Crippen molar-refractivity contribution in [2.24, 2.45) is 5.92 Å². The van der Waals surface area contributed by atoms with Gasteiger partial charge in [-0.15, -0.1) is 0 Å². The van der Waals surface area contributed by atoms with Crippen LogP contribution in [0.3, 0.4) is 0 Å². The molecule has 7 heteroatoms. The molecule has 2 heterocycles. The van der Waals surface area contributed by atoms with E-state index in [0.717, 1.165) is 37.7 Å². The lowest BCUT2D eigenvalue weighted by Gasteiger charge is -2.20. The fraction of sp³-hybridized carbons (Fsp3) is 0.714. The smallest absolute Gasteiger partial charge is 0.267 e. The first-order valence-electron chi connectivity index (χ1n) is 7.33. The van der Waals surface area contributed by atoms with Gasteiger partial charge in [0, 0.05) is 33.7 Å². The molecule has 1 atom stereocenters. The Balaban J connectivity index is 2.03. The van der Waals surface area contributed by atoms with Gasteiger partial charge in [-0.3, -0.25) is 4.79 Å². The quantitative estimate of drug-likeness (QED) is 0.885. The molecule has 0 spiro atoms. The average molecular weight is 311 g/mol. The van der Waals surface area contributed by atoms with E-state index in [9.17, 15) is 4.79 Å². The monoisotopic (exact) mass is 311 g/mol. The van der Waals surface area contributed by atoms with Crippen molar-refractivity contribution in [3.63, 3.8) is 0 Å². The number of rotatable bonds is 5. The summed E-state index contributed by atoms with van der Waals surface area (Å²) in [5.74, 6) is 0.877. The lowest BCUT2D eigenvalue weighted by Crippen LogP contribution is -2.32. The topological polar surface area (TPSA) is 65.7 Å². The highest BCUT2D eigenvalue weighted by Crippen LogP contribution is 2.28. The third kappa shape index (κ3) is 3.65. The Morgan fingerprint density at radius 3 is 2.81 bits per heavy atom. The lowest BCUT2D eigenvalue weighted by atomic mass is 10.1. The maximum atomic E-state index is 12.5. The first kappa shape index (κ1) is 16.0. The Labute approximate surface area is 130 Å². The van der Waals surface area contributed by atoms with E-state index in [1.165, 1.54) is 11.3 Å². The van der Waals surface area contributed by atoms with Crippen LogP contribution in [-0.2, 0) is 0 Å². The van der Waals surface area contributed by atoms with Gasteiger partial charge >= 0.3 is 0 Å². The Bertz CT molecular complexity index is 504. The molecule has 1 saturated heterocycles. The SMILES string of the molecule is CCN(C)c1nc(N)c(C(=O)N(C)CC2CCN(C)C2)s1. The number of nitrogens with zero attached hydrogens (tertiary/aromatic N) is 4. The molecule has 1 amide bonds. The van der Waals surface area contributed by atoms with E-state index >= 15 is 0 Å². The second kappa shape index (κ2) is 6.62. The van der Waals surface area contributed by atoms with Crippen LogP contribution in [0, 0.1) is 5.92 Å². The van der Waals surface area contributed by atoms with E-state index in [2.05, 4.69) is 16.9 Å². The van der Waals surface area contributed by atoms with Crippen LogP contribution in [-0.4, -0.2) is 68.0 Å². The van der Waals surface area contributed by atoms with E-state index < -0.39 is 0 Å². The number of hydrogen-bond donors (Lipinski definition) is 1. The van der Waals surface area contributed by atoms with Crippen molar-refractivity contribution in [1.82, 2.24) is 14.8 Å². The molecule has 2 N–H and O–H groups in total. The summed E-state index contributed by atoms with van der Waals surface area (Å²) in [5.41, 5.74) is 5.92. The Morgan fingerprint density at radius 2 is 2.24 bits per heavy atom. The number of aromatic nitrogens is 1. The van der Waals surface area contributed by atoms with Gasteiger partial charge in [0.05, 0.1) is 0 Å². The summed E-state index contributed by atoms with van der Waals surface area (Å²) in [6, 6.07) is 0. The van der Waals surface area contributed by atoms with E-state index in [4.69, 9.17) is 5.73 Å². The van der Waals surface area contributed by atoms with Crippen LogP contribution in [0.1, 0.15) is 23.0 Å². The Hall–Kier alpha value is -1.34. The van der Waals surface area contributed by atoms with Gasteiger partial charge in [-0.25, -0.2) is 4.98 Å². The standard InChI is InChI=1S/C14H25N5OS/c1-5-18(3)14-16-12(15)11(21-14)13(20)19(4)9-10-6-7-17(2)8-10/h10H,5-9,15H2,1-4H3. The van der Waals surface area contributed by atoms with Crippen LogP contribution in [0.2, 0.25) is 0 Å². The number of amides is 1. The molecular formula is C14H25N5OS. The largest absolute Gasteiger partial charge is 0.382 e. The fourth-order valence-electron chi connectivity index (χ4n) is 2.59. The molecule has 1 aliphatic heterocycles. The van der Waals surface area contributed by atoms with Gasteiger partial charge in [0.1, 0.15) is 10.7 Å². The second-order valence-corrected chi connectivity index (χ2v) is 6.81. The molecule has 2 rings (SSSR count). The first-order chi connectivity index (χ1) is 9.92. The predicted octanol–water partition coefficient (Wildman–Crippen LogP) is 1.21. The summed E-state index contributed by atoms with van der Waals surface area (Å²) in [6.07, 6.45) is 1.15. The molecular weight excluding hydrogens is 286 g/mol. The van der Waals surface area contributed by atoms with Gasteiger partial charge in [-0.2, -0.15) is 0 Å². The van der Waals surface area contributed by atoms with Crippen LogP contribution >= 0.6 is 11.3 Å². The van der Waals surface area contributed by atoms with Crippen molar-refractivity contribution < 1.29 is 4.79 Å². The lowest BCUT2D eigenvalue weighted by molar-refractivity contribution is 0.0779. The highest BCUT2D eigenvalue weighted by atomic mass is 32.1. The number of hydrogen-bond acceptors (Lipinski definition) is 6. The fourth-order valence-corrected chi connectivity index (χ4v) is 3.60. The van der Waals surface area contributed by atoms with Gasteiger partial charge < -0.3 is 20.4 Å². The first-order valence-corrected chi connectivity index (χ1v) is 8.15. The van der Waals surface area contributed by atoms with Gasteiger partial charge in [-0.1, -0.05) is 11.3 Å². The molecule has 1 unspecified atom stereocenters. The minimum atomic E-state index is -0.0182. The molecule has 1 fully saturated rings. The van der Waals surface area contributed by atoms with Crippen molar-refractivity contribution in [2.45, 2.75) is 13.3 Å². The van der Waals surface area contributed by atoms with Crippen molar-refractivity contribution >= 4 is 28.2 Å². The Morgan fingerprint density at radius 1 is 1.52 bits per heavy atom. The molecule has 1 aromatic rings. The molecule has 0 aliphatic carbocycles. The number of carbonyl (C=O) groups excluding carboxylic acids is 1. The number of carbonyl (C=O) groups is 1. The van der Waals surface area contributed by atoms with E-state index in [1.54, 1.807) is 4.90 Å². The van der Waals surface area contributed by atoms with Gasteiger partial charge in [0.2, 0.25) is 0 Å². The third-order valence-corrected chi connectivity index (χ3v) is 5.18. The zero-order valence-electron chi connectivity index (χ0n) is 13.3. The molecule has 0 bridgehead atoms. The molecule has 0 saturated carbocycles. The highest BCUT2D eigenvalue weighted by Gasteiger charge is 2.25. The number of nitrogen functional groups attached to an aromatic ring is 1. The average Bonchev–Trinajstić information content (AvgIpc) is 3.03. The van der Waals surface area contributed by atoms with Crippen LogP contribution < -0.4 is 10.6 Å². The highest BCUT2D eigenvalue weighted by molar-refractivity contribution is 7.18. The summed E-state index contributed by atoms with van der Waals surface area (Å²) < 4.78 is 0. The predicted molar refractivity (Wildman–Crippen MR) is 88.0 cm³/mol. The maximum absolute atomic E-state index is 12.5. The minimum absolute atomic E-state index is 0.0182. The second-order valence-electron chi connectivity index (χ2n) is 5.83. The van der Waals surface area contributed by atoms with Gasteiger partial charge in [-0.05, 0) is 32.9 Å². The zero-order chi connectivity index (χ0) is 15.6. The van der Waals surface area contributed by atoms with Gasteiger partial charge in [0.15, 0.2) is 5.13 Å². The molecule has 6 nitrogen and oxygen atoms in total. The number of likely N-dealkylation sites (tertiary alicyclic amines) is 1. The van der Waals surface area contributed by atoms with E-state index in [-0.39, 0.29) is 5.91 Å². The summed E-state index contributed by atoms with van der Waals surface area (Å²) in [7, 11) is 5.92. The number of thiazole rings is 1. The molecule has 118 valence electrons. The van der Waals surface area contributed by atoms with Gasteiger partial charge in [0.25, 0.3) is 5.91 Å². The molecule has 21 heavy (non-hydrogen) atoms. The summed E-state index contributed by atoms with van der Waals surface area (Å²) in [4.78, 5) is 23.5. The van der Waals surface area contributed by atoms with Crippen LogP contribution in [0.4, 0.5) is 10.9 Å². The van der Waals surface area contributed by atoms with Crippen molar-refractivity contribution in [3.05, 3.63) is 4.88 Å². The normalized spacial score (nSPS) is 19.0. The Kier molecular flexibility index (Phi) is 5.05. The molecule has 1 aromatic heterocycles. The van der Waals surface area contributed by atoms with Crippen LogP contribution in [0.15, 0.2) is 0 Å². The van der Waals surface area contributed by atoms with Crippen molar-refractivity contribution in [1.29, 1.82) is 0 Å². The van der Waals surface area contributed by atoms with Crippen LogP contribution in [0.5, 0.6) is 0 Å². The zero-order valence-corrected chi connectivity index (χ0v) is 14.1. The summed E-state index contributed by atoms with van der Waals surface area (Å²) in [6.45, 7) is 5.83. The molecule has 1 aliphatic rings. The third-order valence-electron chi connectivity index (χ3n) is 4.00. The maximum Gasteiger partial charge on any atom is 0.267 e. The van der Waals surface area contributed by atoms with Crippen molar-refractivity contribution in [2.75, 3.05) is 58.0 Å². The molecule has 0 radical (unpaired) electrons. The summed E-state index contributed by atoms with van der Waals surface area (Å²) >= 11 is 1.38. The summed E-state index contributed by atoms with van der Waals surface area (Å²) in [5, 5.41) is 0.798. The minimum Gasteiger partial charge on any atom is -0.382 e.